The van der Waals surface area contributed by atoms with Crippen LogP contribution < -0.4 is 10.6 Å². The second-order valence-corrected chi connectivity index (χ2v) is 5.69. The molecule has 96 valence electrons. The van der Waals surface area contributed by atoms with Crippen LogP contribution in [0.25, 0.3) is 0 Å². The van der Waals surface area contributed by atoms with Crippen molar-refractivity contribution in [2.24, 2.45) is 11.8 Å². The van der Waals surface area contributed by atoms with Crippen LogP contribution in [0.4, 0.5) is 4.79 Å². The summed E-state index contributed by atoms with van der Waals surface area (Å²) in [6, 6.07) is 0.709. The number of hydrogen-bond acceptors (Lipinski definition) is 2. The van der Waals surface area contributed by atoms with Crippen LogP contribution in [0.15, 0.2) is 0 Å². The normalized spacial score (nSPS) is 35.3. The van der Waals surface area contributed by atoms with Gasteiger partial charge in [-0.2, -0.15) is 0 Å². The largest absolute Gasteiger partial charge is 0.338 e. The molecule has 3 aliphatic heterocycles. The van der Waals surface area contributed by atoms with Gasteiger partial charge in [-0.3, -0.25) is 0 Å². The van der Waals surface area contributed by atoms with Crippen LogP contribution in [0.1, 0.15) is 32.1 Å². The summed E-state index contributed by atoms with van der Waals surface area (Å²) in [5, 5.41) is 6.53. The minimum absolute atomic E-state index is 0.180. The third kappa shape index (κ3) is 2.15. The van der Waals surface area contributed by atoms with Gasteiger partial charge in [0.2, 0.25) is 0 Å². The van der Waals surface area contributed by atoms with Crippen molar-refractivity contribution in [3.63, 3.8) is 0 Å². The molecule has 3 rings (SSSR count). The molecule has 3 fully saturated rings. The Morgan fingerprint density at radius 1 is 1.12 bits per heavy atom. The van der Waals surface area contributed by atoms with Gasteiger partial charge in [0.1, 0.15) is 0 Å². The summed E-state index contributed by atoms with van der Waals surface area (Å²) in [5.41, 5.74) is 0. The van der Waals surface area contributed by atoms with Gasteiger partial charge >= 0.3 is 6.03 Å². The van der Waals surface area contributed by atoms with Crippen LogP contribution in [-0.2, 0) is 0 Å². The molecule has 3 saturated heterocycles. The highest BCUT2D eigenvalue weighted by Gasteiger charge is 2.40. The number of carbonyl (C=O) groups is 1. The van der Waals surface area contributed by atoms with E-state index in [1.54, 1.807) is 0 Å². The highest BCUT2D eigenvalue weighted by Crippen LogP contribution is 2.34. The zero-order valence-electron chi connectivity index (χ0n) is 10.5. The third-order valence-corrected chi connectivity index (χ3v) is 4.78. The van der Waals surface area contributed by atoms with Crippen molar-refractivity contribution in [1.29, 1.82) is 0 Å². The molecule has 0 aliphatic carbocycles. The average molecular weight is 237 g/mol. The molecular weight excluding hydrogens is 214 g/mol. The van der Waals surface area contributed by atoms with E-state index in [-0.39, 0.29) is 6.03 Å². The lowest BCUT2D eigenvalue weighted by molar-refractivity contribution is 0.0604. The van der Waals surface area contributed by atoms with Crippen molar-refractivity contribution >= 4 is 6.03 Å². The Kier molecular flexibility index (Phi) is 3.23. The van der Waals surface area contributed by atoms with E-state index >= 15 is 0 Å². The van der Waals surface area contributed by atoms with E-state index in [4.69, 9.17) is 0 Å². The second kappa shape index (κ2) is 4.84. The molecule has 0 bridgehead atoms. The quantitative estimate of drug-likeness (QED) is 0.719. The first-order chi connectivity index (χ1) is 8.36. The smallest absolute Gasteiger partial charge is 0.317 e. The number of fused-ring (bicyclic) bond motifs is 1. The van der Waals surface area contributed by atoms with Gasteiger partial charge in [-0.25, -0.2) is 4.79 Å². The van der Waals surface area contributed by atoms with E-state index in [1.165, 1.54) is 32.1 Å². The molecule has 3 aliphatic rings. The summed E-state index contributed by atoms with van der Waals surface area (Å²) in [7, 11) is 0. The molecule has 4 heteroatoms. The monoisotopic (exact) mass is 237 g/mol. The molecule has 0 aromatic carbocycles. The SMILES string of the molecule is O=C1NCC(C2CCNCC2)C2CCCCN12. The molecule has 0 saturated carbocycles. The standard InChI is InChI=1S/C13H23N3O/c17-13-15-9-11(10-4-6-14-7-5-10)12-3-1-2-8-16(12)13/h10-12,14H,1-9H2,(H,15,17). The van der Waals surface area contributed by atoms with Gasteiger partial charge in [0.15, 0.2) is 0 Å². The first-order valence-corrected chi connectivity index (χ1v) is 7.11. The van der Waals surface area contributed by atoms with Gasteiger partial charge in [0.25, 0.3) is 0 Å². The molecule has 2 amide bonds. The van der Waals surface area contributed by atoms with Gasteiger partial charge in [0, 0.05) is 19.1 Å². The molecule has 3 heterocycles. The average Bonchev–Trinajstić information content (AvgIpc) is 2.41. The van der Waals surface area contributed by atoms with E-state index < -0.39 is 0 Å². The number of nitrogens with one attached hydrogen (secondary N) is 2. The zero-order chi connectivity index (χ0) is 11.7. The Bertz CT molecular complexity index is 288. The molecule has 0 aromatic heterocycles. The van der Waals surface area contributed by atoms with E-state index in [1.807, 2.05) is 0 Å². The van der Waals surface area contributed by atoms with Crippen molar-refractivity contribution in [1.82, 2.24) is 15.5 Å². The number of amides is 2. The summed E-state index contributed by atoms with van der Waals surface area (Å²) in [6.45, 7) is 4.19. The Morgan fingerprint density at radius 2 is 1.94 bits per heavy atom. The molecule has 0 radical (unpaired) electrons. The number of hydrogen-bond donors (Lipinski definition) is 2. The molecule has 2 atom stereocenters. The first kappa shape index (κ1) is 11.3. The van der Waals surface area contributed by atoms with Crippen LogP contribution in [0.2, 0.25) is 0 Å². The molecule has 2 unspecified atom stereocenters. The maximum Gasteiger partial charge on any atom is 0.317 e. The van der Waals surface area contributed by atoms with E-state index in [0.717, 1.165) is 32.1 Å². The van der Waals surface area contributed by atoms with Crippen LogP contribution in [0.5, 0.6) is 0 Å². The van der Waals surface area contributed by atoms with E-state index in [9.17, 15) is 4.79 Å². The van der Waals surface area contributed by atoms with Crippen LogP contribution >= 0.6 is 0 Å². The minimum Gasteiger partial charge on any atom is -0.338 e. The fraction of sp³-hybridized carbons (Fsp3) is 0.923. The molecular formula is C13H23N3O. The van der Waals surface area contributed by atoms with Crippen LogP contribution in [0.3, 0.4) is 0 Å². The third-order valence-electron chi connectivity index (χ3n) is 4.78. The number of carbonyl (C=O) groups excluding carboxylic acids is 1. The lowest BCUT2D eigenvalue weighted by atomic mass is 9.76. The number of urea groups is 1. The van der Waals surface area contributed by atoms with Crippen molar-refractivity contribution in [3.05, 3.63) is 0 Å². The van der Waals surface area contributed by atoms with Gasteiger partial charge in [-0.05, 0) is 57.0 Å². The predicted molar refractivity (Wildman–Crippen MR) is 66.8 cm³/mol. The zero-order valence-corrected chi connectivity index (χ0v) is 10.5. The summed E-state index contributed by atoms with van der Waals surface area (Å²) < 4.78 is 0. The molecule has 0 aromatic rings. The van der Waals surface area contributed by atoms with Gasteiger partial charge < -0.3 is 15.5 Å². The highest BCUT2D eigenvalue weighted by atomic mass is 16.2. The Balaban J connectivity index is 1.72. The number of rotatable bonds is 1. The lowest BCUT2D eigenvalue weighted by Crippen LogP contribution is -2.61. The first-order valence-electron chi connectivity index (χ1n) is 7.11. The number of nitrogens with zero attached hydrogens (tertiary/aromatic N) is 1. The second-order valence-electron chi connectivity index (χ2n) is 5.69. The Hall–Kier alpha value is -0.770. The maximum absolute atomic E-state index is 11.9. The topological polar surface area (TPSA) is 44.4 Å². The summed E-state index contributed by atoms with van der Waals surface area (Å²) in [6.07, 6.45) is 6.27. The van der Waals surface area contributed by atoms with Crippen molar-refractivity contribution in [3.8, 4) is 0 Å². The van der Waals surface area contributed by atoms with E-state index in [2.05, 4.69) is 15.5 Å². The van der Waals surface area contributed by atoms with Gasteiger partial charge in [0.05, 0.1) is 0 Å². The molecule has 2 N–H and O–H groups in total. The summed E-state index contributed by atoms with van der Waals surface area (Å²) in [4.78, 5) is 14.0. The highest BCUT2D eigenvalue weighted by molar-refractivity contribution is 5.75. The van der Waals surface area contributed by atoms with Crippen molar-refractivity contribution in [2.75, 3.05) is 26.2 Å². The van der Waals surface area contributed by atoms with Gasteiger partial charge in [-0.1, -0.05) is 0 Å². The number of piperidine rings is 2. The Labute approximate surface area is 103 Å². The van der Waals surface area contributed by atoms with Crippen molar-refractivity contribution < 1.29 is 4.79 Å². The lowest BCUT2D eigenvalue weighted by Gasteiger charge is -2.47. The van der Waals surface area contributed by atoms with Crippen molar-refractivity contribution in [2.45, 2.75) is 38.1 Å². The molecule has 17 heavy (non-hydrogen) atoms. The minimum atomic E-state index is 0.180. The van der Waals surface area contributed by atoms with E-state index in [0.29, 0.717) is 12.0 Å². The molecule has 0 spiro atoms. The fourth-order valence-electron chi connectivity index (χ4n) is 3.85. The Morgan fingerprint density at radius 3 is 2.76 bits per heavy atom. The van der Waals surface area contributed by atoms with Gasteiger partial charge in [-0.15, -0.1) is 0 Å². The summed E-state index contributed by atoms with van der Waals surface area (Å²) >= 11 is 0. The van der Waals surface area contributed by atoms with Crippen LogP contribution in [0, 0.1) is 11.8 Å². The fourth-order valence-corrected chi connectivity index (χ4v) is 3.85. The maximum atomic E-state index is 11.9. The van der Waals surface area contributed by atoms with Crippen LogP contribution in [-0.4, -0.2) is 43.2 Å². The molecule has 4 nitrogen and oxygen atoms in total. The predicted octanol–water partition coefficient (Wildman–Crippen LogP) is 1.18. The summed E-state index contributed by atoms with van der Waals surface area (Å²) in [5.74, 6) is 1.50.